The van der Waals surface area contributed by atoms with Crippen LogP contribution in [0.5, 0.6) is 11.5 Å². The molecule has 0 atom stereocenters. The number of hydrogen-bond acceptors (Lipinski definition) is 3. The maximum absolute atomic E-state index is 11.4. The first kappa shape index (κ1) is 13.2. The van der Waals surface area contributed by atoms with Crippen LogP contribution in [0.25, 0.3) is 0 Å². The third-order valence-electron chi connectivity index (χ3n) is 3.21. The fraction of sp³-hybridized carbons (Fsp3) is 0.125. The highest BCUT2D eigenvalue weighted by Crippen LogP contribution is 2.22. The predicted octanol–water partition coefficient (Wildman–Crippen LogP) is 2.49. The molecule has 0 saturated carbocycles. The number of hydrogen-bond donors (Lipinski definition) is 1. The van der Waals surface area contributed by atoms with Crippen molar-refractivity contribution in [2.75, 3.05) is 0 Å². The normalized spacial score (nSPS) is 10.5. The quantitative estimate of drug-likeness (QED) is 0.799. The number of rotatable bonds is 4. The van der Waals surface area contributed by atoms with E-state index in [0.29, 0.717) is 12.2 Å². The first-order valence-electron chi connectivity index (χ1n) is 6.64. The summed E-state index contributed by atoms with van der Waals surface area (Å²) < 4.78 is 7.30. The van der Waals surface area contributed by atoms with Crippen LogP contribution in [-0.2, 0) is 13.5 Å². The van der Waals surface area contributed by atoms with Crippen LogP contribution in [0.3, 0.4) is 0 Å². The van der Waals surface area contributed by atoms with E-state index in [9.17, 15) is 4.79 Å². The zero-order valence-electron chi connectivity index (χ0n) is 11.6. The van der Waals surface area contributed by atoms with Crippen molar-refractivity contribution in [2.24, 2.45) is 7.05 Å². The van der Waals surface area contributed by atoms with Crippen LogP contribution >= 0.6 is 0 Å². The fourth-order valence-electron chi connectivity index (χ4n) is 2.06. The van der Waals surface area contributed by atoms with Crippen molar-refractivity contribution >= 4 is 0 Å². The van der Waals surface area contributed by atoms with E-state index in [2.05, 4.69) is 10.2 Å². The number of nitrogens with one attached hydrogen (secondary N) is 1. The van der Waals surface area contributed by atoms with Gasteiger partial charge in [-0.15, -0.1) is 0 Å². The van der Waals surface area contributed by atoms with Crippen molar-refractivity contribution in [3.8, 4) is 11.5 Å². The lowest BCUT2D eigenvalue weighted by Crippen LogP contribution is -2.14. The summed E-state index contributed by atoms with van der Waals surface area (Å²) in [6.07, 6.45) is 0.571. The molecule has 2 aromatic carbocycles. The Kier molecular flexibility index (Phi) is 3.55. The summed E-state index contributed by atoms with van der Waals surface area (Å²) in [5.74, 6) is 2.25. The first-order chi connectivity index (χ1) is 10.2. The Morgan fingerprint density at radius 1 is 1.10 bits per heavy atom. The van der Waals surface area contributed by atoms with E-state index in [1.807, 2.05) is 54.6 Å². The van der Waals surface area contributed by atoms with Gasteiger partial charge in [0, 0.05) is 13.5 Å². The Morgan fingerprint density at radius 2 is 1.86 bits per heavy atom. The summed E-state index contributed by atoms with van der Waals surface area (Å²) in [5.41, 5.74) is 0.826. The molecule has 3 aromatic rings. The Labute approximate surface area is 121 Å². The zero-order chi connectivity index (χ0) is 14.7. The average molecular weight is 281 g/mol. The smallest absolute Gasteiger partial charge is 0.343 e. The molecule has 5 heteroatoms. The number of para-hydroxylation sites is 1. The SMILES string of the molecule is Cn1c(Cc2cccc(Oc3ccccc3)c2)n[nH]c1=O. The maximum Gasteiger partial charge on any atom is 0.343 e. The van der Waals surface area contributed by atoms with Gasteiger partial charge in [-0.3, -0.25) is 4.57 Å². The van der Waals surface area contributed by atoms with E-state index in [4.69, 9.17) is 4.74 Å². The van der Waals surface area contributed by atoms with Crippen molar-refractivity contribution in [1.29, 1.82) is 0 Å². The van der Waals surface area contributed by atoms with E-state index in [1.165, 1.54) is 4.57 Å². The maximum atomic E-state index is 11.4. The molecule has 0 bridgehead atoms. The number of aromatic nitrogens is 3. The molecule has 1 N–H and O–H groups in total. The zero-order valence-corrected chi connectivity index (χ0v) is 11.6. The molecule has 3 rings (SSSR count). The van der Waals surface area contributed by atoms with Gasteiger partial charge in [0.2, 0.25) is 0 Å². The fourth-order valence-corrected chi connectivity index (χ4v) is 2.06. The minimum absolute atomic E-state index is 0.207. The number of aromatic amines is 1. The molecule has 106 valence electrons. The Balaban J connectivity index is 1.80. The standard InChI is InChI=1S/C16H15N3O2/c1-19-15(17-18-16(19)20)11-12-6-5-9-14(10-12)21-13-7-3-2-4-8-13/h2-10H,11H2,1H3,(H,18,20). The van der Waals surface area contributed by atoms with Crippen molar-refractivity contribution in [2.45, 2.75) is 6.42 Å². The Hall–Kier alpha value is -2.82. The van der Waals surface area contributed by atoms with Gasteiger partial charge in [0.25, 0.3) is 0 Å². The topological polar surface area (TPSA) is 59.9 Å². The summed E-state index contributed by atoms with van der Waals surface area (Å²) in [7, 11) is 1.70. The molecule has 21 heavy (non-hydrogen) atoms. The lowest BCUT2D eigenvalue weighted by Gasteiger charge is -2.07. The summed E-state index contributed by atoms with van der Waals surface area (Å²) in [4.78, 5) is 11.4. The number of ether oxygens (including phenoxy) is 1. The highest BCUT2D eigenvalue weighted by atomic mass is 16.5. The highest BCUT2D eigenvalue weighted by molar-refractivity contribution is 5.34. The summed E-state index contributed by atoms with van der Waals surface area (Å²) in [5, 5.41) is 6.45. The highest BCUT2D eigenvalue weighted by Gasteiger charge is 2.06. The van der Waals surface area contributed by atoms with Gasteiger partial charge in [0.1, 0.15) is 17.3 Å². The van der Waals surface area contributed by atoms with E-state index in [0.717, 1.165) is 17.1 Å². The molecule has 0 radical (unpaired) electrons. The first-order valence-corrected chi connectivity index (χ1v) is 6.64. The lowest BCUT2D eigenvalue weighted by atomic mass is 10.1. The van der Waals surface area contributed by atoms with Gasteiger partial charge in [-0.1, -0.05) is 30.3 Å². The molecule has 1 heterocycles. The lowest BCUT2D eigenvalue weighted by molar-refractivity contribution is 0.482. The van der Waals surface area contributed by atoms with Crippen LogP contribution in [-0.4, -0.2) is 14.8 Å². The molecule has 0 saturated heterocycles. The summed E-state index contributed by atoms with van der Waals surface area (Å²) in [6, 6.07) is 17.4. The molecular formula is C16H15N3O2. The van der Waals surface area contributed by atoms with Crippen LogP contribution in [0, 0.1) is 0 Å². The van der Waals surface area contributed by atoms with E-state index in [-0.39, 0.29) is 5.69 Å². The van der Waals surface area contributed by atoms with E-state index >= 15 is 0 Å². The molecule has 0 aliphatic carbocycles. The van der Waals surface area contributed by atoms with Gasteiger partial charge in [0.05, 0.1) is 0 Å². The molecule has 0 amide bonds. The second kappa shape index (κ2) is 5.66. The van der Waals surface area contributed by atoms with Crippen LogP contribution in [0.15, 0.2) is 59.4 Å². The second-order valence-electron chi connectivity index (χ2n) is 4.74. The Bertz CT molecular complexity index is 791. The monoisotopic (exact) mass is 281 g/mol. The van der Waals surface area contributed by atoms with Gasteiger partial charge < -0.3 is 4.74 Å². The molecule has 0 spiro atoms. The third-order valence-corrected chi connectivity index (χ3v) is 3.21. The molecule has 0 aliphatic rings. The average Bonchev–Trinajstić information content (AvgIpc) is 2.81. The van der Waals surface area contributed by atoms with Crippen LogP contribution < -0.4 is 10.4 Å². The van der Waals surface area contributed by atoms with Crippen LogP contribution in [0.1, 0.15) is 11.4 Å². The molecule has 5 nitrogen and oxygen atoms in total. The van der Waals surface area contributed by atoms with Gasteiger partial charge in [-0.05, 0) is 29.8 Å². The van der Waals surface area contributed by atoms with Crippen LogP contribution in [0.2, 0.25) is 0 Å². The number of H-pyrrole nitrogens is 1. The second-order valence-corrected chi connectivity index (χ2v) is 4.74. The molecule has 1 aromatic heterocycles. The summed E-state index contributed by atoms with van der Waals surface area (Å²) >= 11 is 0. The van der Waals surface area contributed by atoms with Gasteiger partial charge in [-0.2, -0.15) is 5.10 Å². The van der Waals surface area contributed by atoms with Crippen molar-refractivity contribution in [3.63, 3.8) is 0 Å². The van der Waals surface area contributed by atoms with Crippen molar-refractivity contribution < 1.29 is 4.74 Å². The largest absolute Gasteiger partial charge is 0.457 e. The summed E-state index contributed by atoms with van der Waals surface area (Å²) in [6.45, 7) is 0. The Morgan fingerprint density at radius 3 is 2.57 bits per heavy atom. The molecule has 0 unspecified atom stereocenters. The van der Waals surface area contributed by atoms with Gasteiger partial charge in [-0.25, -0.2) is 9.89 Å². The van der Waals surface area contributed by atoms with E-state index in [1.54, 1.807) is 7.05 Å². The van der Waals surface area contributed by atoms with Crippen LogP contribution in [0.4, 0.5) is 0 Å². The third kappa shape index (κ3) is 3.02. The van der Waals surface area contributed by atoms with Gasteiger partial charge >= 0.3 is 5.69 Å². The predicted molar refractivity (Wildman–Crippen MR) is 79.6 cm³/mol. The molecular weight excluding hydrogens is 266 g/mol. The number of benzene rings is 2. The molecule has 0 aliphatic heterocycles. The number of nitrogens with zero attached hydrogens (tertiary/aromatic N) is 2. The minimum Gasteiger partial charge on any atom is -0.457 e. The van der Waals surface area contributed by atoms with Crippen molar-refractivity contribution in [1.82, 2.24) is 14.8 Å². The van der Waals surface area contributed by atoms with E-state index < -0.39 is 0 Å². The van der Waals surface area contributed by atoms with Gasteiger partial charge in [0.15, 0.2) is 0 Å². The molecule has 0 fully saturated rings. The minimum atomic E-state index is -0.207. The van der Waals surface area contributed by atoms with Crippen molar-refractivity contribution in [3.05, 3.63) is 76.5 Å².